The van der Waals surface area contributed by atoms with E-state index in [1.165, 1.54) is 0 Å². The molecule has 88 valence electrons. The molecule has 0 atom stereocenters. The van der Waals surface area contributed by atoms with E-state index in [0.717, 1.165) is 6.08 Å². The van der Waals surface area contributed by atoms with Crippen LogP contribution in [0.5, 0.6) is 0 Å². The molecule has 5 nitrogen and oxygen atoms in total. The van der Waals surface area contributed by atoms with Crippen molar-refractivity contribution in [3.05, 3.63) is 24.6 Å². The Balaban J connectivity index is -0.000000214. The summed E-state index contributed by atoms with van der Waals surface area (Å²) in [4.78, 5) is 10.5. The van der Waals surface area contributed by atoms with Gasteiger partial charge in [-0.1, -0.05) is 13.2 Å². The maximum absolute atomic E-state index is 10.5. The Morgan fingerprint density at radius 3 is 1.69 bits per heavy atom. The summed E-state index contributed by atoms with van der Waals surface area (Å²) in [5, 5.41) is 0.354. The topological polar surface area (TPSA) is 83.5 Å². The van der Waals surface area contributed by atoms with Gasteiger partial charge in [-0.25, -0.2) is 13.2 Å². The average molecular weight is 258 g/mol. The van der Waals surface area contributed by atoms with Gasteiger partial charge in [0.15, 0.2) is 0 Å². The summed E-state index contributed by atoms with van der Waals surface area (Å²) in [7, 11) is -4.15. The van der Waals surface area contributed by atoms with Crippen LogP contribution in [-0.2, 0) is 19.6 Å². The van der Waals surface area contributed by atoms with Gasteiger partial charge in [-0.2, -0.15) is 0 Å². The molecule has 0 aliphatic carbocycles. The Kier molecular flexibility index (Phi) is 11.8. The summed E-state index contributed by atoms with van der Waals surface area (Å²) >= 11 is 0. The molecular formula is C9H15NaO5S. The summed E-state index contributed by atoms with van der Waals surface area (Å²) in [5.41, 5.74) is -0.398. The van der Waals surface area contributed by atoms with Gasteiger partial charge >= 0.3 is 35.5 Å². The molecular weight excluding hydrogens is 243 g/mol. The van der Waals surface area contributed by atoms with Crippen LogP contribution in [0.25, 0.3) is 0 Å². The standard InChI is InChI=1S/C7H12O2.C2H4O3S.Na/c1-5-6(8)9-7(2,3)4;1-2-6(3,4)5;/h5H,1H2,2-4H3;2H,1H2,(H,3,4,5);/q;;+1/p-1. The van der Waals surface area contributed by atoms with Gasteiger partial charge in [-0.3, -0.25) is 0 Å². The molecule has 0 aliphatic heterocycles. The third-order valence-corrected chi connectivity index (χ3v) is 1.19. The summed E-state index contributed by atoms with van der Waals surface area (Å²) < 4.78 is 32.8. The molecule has 0 unspecified atom stereocenters. The molecule has 16 heavy (non-hydrogen) atoms. The van der Waals surface area contributed by atoms with Crippen LogP contribution in [0.2, 0.25) is 0 Å². The Morgan fingerprint density at radius 2 is 1.62 bits per heavy atom. The molecule has 0 rings (SSSR count). The Hall–Kier alpha value is -0.140. The van der Waals surface area contributed by atoms with Gasteiger partial charge in [0, 0.05) is 11.5 Å². The minimum absolute atomic E-state index is 0. The van der Waals surface area contributed by atoms with Crippen molar-refractivity contribution in [2.75, 3.05) is 0 Å². The van der Waals surface area contributed by atoms with Gasteiger partial charge < -0.3 is 9.29 Å². The van der Waals surface area contributed by atoms with E-state index >= 15 is 0 Å². The second kappa shape index (κ2) is 8.95. The van der Waals surface area contributed by atoms with Crippen molar-refractivity contribution < 1.29 is 52.1 Å². The first kappa shape index (κ1) is 21.2. The van der Waals surface area contributed by atoms with Crippen LogP contribution >= 0.6 is 0 Å². The fourth-order valence-corrected chi connectivity index (χ4v) is 0.343. The Bertz CT molecular complexity index is 315. The molecule has 0 spiro atoms. The van der Waals surface area contributed by atoms with Crippen LogP contribution in [0.1, 0.15) is 20.8 Å². The second-order valence-electron chi connectivity index (χ2n) is 3.40. The third kappa shape index (κ3) is 23.6. The summed E-state index contributed by atoms with van der Waals surface area (Å²) in [6.45, 7) is 11.4. The molecule has 0 radical (unpaired) electrons. The summed E-state index contributed by atoms with van der Waals surface area (Å²) in [6.07, 6.45) is 1.16. The zero-order valence-corrected chi connectivity index (χ0v) is 12.8. The molecule has 0 heterocycles. The average Bonchev–Trinajstić information content (AvgIpc) is 2.01. The molecule has 7 heteroatoms. The molecule has 0 aromatic rings. The first-order chi connectivity index (χ1) is 6.52. The fourth-order valence-electron chi connectivity index (χ4n) is 0.343. The van der Waals surface area contributed by atoms with Crippen molar-refractivity contribution in [2.24, 2.45) is 0 Å². The van der Waals surface area contributed by atoms with Crippen LogP contribution in [-0.4, -0.2) is 24.5 Å². The zero-order valence-electron chi connectivity index (χ0n) is 10.0. The third-order valence-electron chi connectivity index (χ3n) is 0.778. The largest absolute Gasteiger partial charge is 1.00 e. The predicted octanol–water partition coefficient (Wildman–Crippen LogP) is -1.81. The maximum atomic E-state index is 10.5. The number of ether oxygens (including phenoxy) is 1. The van der Waals surface area contributed by atoms with Crippen molar-refractivity contribution >= 4 is 16.1 Å². The molecule has 0 bridgehead atoms. The van der Waals surface area contributed by atoms with E-state index in [1.807, 2.05) is 20.8 Å². The zero-order chi connectivity index (χ0) is 12.7. The smallest absolute Gasteiger partial charge is 0.745 e. The quantitative estimate of drug-likeness (QED) is 0.252. The number of carbonyl (C=O) groups is 1. The van der Waals surface area contributed by atoms with Crippen molar-refractivity contribution in [1.29, 1.82) is 0 Å². The first-order valence-corrected chi connectivity index (χ1v) is 5.42. The van der Waals surface area contributed by atoms with E-state index in [1.54, 1.807) is 0 Å². The van der Waals surface area contributed by atoms with E-state index in [0.29, 0.717) is 5.41 Å². The van der Waals surface area contributed by atoms with Gasteiger partial charge in [-0.15, -0.1) is 0 Å². The minimum Gasteiger partial charge on any atom is -0.745 e. The van der Waals surface area contributed by atoms with Crippen molar-refractivity contribution in [2.45, 2.75) is 26.4 Å². The molecule has 0 N–H and O–H groups in total. The Morgan fingerprint density at radius 1 is 1.31 bits per heavy atom. The van der Waals surface area contributed by atoms with Crippen molar-refractivity contribution in [1.82, 2.24) is 0 Å². The monoisotopic (exact) mass is 258 g/mol. The fraction of sp³-hybridized carbons (Fsp3) is 0.444. The minimum atomic E-state index is -4.15. The van der Waals surface area contributed by atoms with Gasteiger partial charge in [0.05, 0.1) is 0 Å². The number of rotatable bonds is 2. The van der Waals surface area contributed by atoms with Crippen LogP contribution in [0.15, 0.2) is 24.6 Å². The van der Waals surface area contributed by atoms with E-state index in [-0.39, 0.29) is 35.5 Å². The van der Waals surface area contributed by atoms with Crippen LogP contribution < -0.4 is 29.6 Å². The normalized spacial score (nSPS) is 10.0. The molecule has 0 aromatic carbocycles. The SMILES string of the molecule is C=CC(=O)OC(C)(C)C.C=CS(=O)(=O)[O-].[Na+]. The second-order valence-corrected chi connectivity index (χ2v) is 4.72. The summed E-state index contributed by atoms with van der Waals surface area (Å²) in [5.74, 6) is -0.373. The van der Waals surface area contributed by atoms with E-state index in [2.05, 4.69) is 13.2 Å². The van der Waals surface area contributed by atoms with Crippen molar-refractivity contribution in [3.8, 4) is 0 Å². The molecule has 0 fully saturated rings. The van der Waals surface area contributed by atoms with E-state index in [4.69, 9.17) is 4.74 Å². The van der Waals surface area contributed by atoms with Gasteiger partial charge in [0.25, 0.3) is 0 Å². The molecule has 0 aromatic heterocycles. The molecule has 0 aliphatic rings. The van der Waals surface area contributed by atoms with Gasteiger partial charge in [0.1, 0.15) is 15.7 Å². The number of esters is 1. The number of hydrogen-bond donors (Lipinski definition) is 0. The summed E-state index contributed by atoms with van der Waals surface area (Å²) in [6, 6.07) is 0. The van der Waals surface area contributed by atoms with E-state index in [9.17, 15) is 17.8 Å². The van der Waals surface area contributed by atoms with E-state index < -0.39 is 15.7 Å². The van der Waals surface area contributed by atoms with Crippen LogP contribution in [0.3, 0.4) is 0 Å². The van der Waals surface area contributed by atoms with Crippen LogP contribution in [0, 0.1) is 0 Å². The molecule has 0 saturated carbocycles. The maximum Gasteiger partial charge on any atom is 1.00 e. The van der Waals surface area contributed by atoms with Gasteiger partial charge in [-0.05, 0) is 20.8 Å². The van der Waals surface area contributed by atoms with Gasteiger partial charge in [0.2, 0.25) is 0 Å². The number of carbonyl (C=O) groups excluding carboxylic acids is 1. The molecule has 0 saturated heterocycles. The van der Waals surface area contributed by atoms with Crippen LogP contribution in [0.4, 0.5) is 0 Å². The first-order valence-electron chi connectivity index (χ1n) is 3.95. The molecule has 0 amide bonds. The predicted molar refractivity (Wildman–Crippen MR) is 55.9 cm³/mol. The number of hydrogen-bond acceptors (Lipinski definition) is 5. The van der Waals surface area contributed by atoms with Crippen molar-refractivity contribution in [3.63, 3.8) is 0 Å². The Labute approximate surface area is 119 Å².